The molecule has 0 aliphatic carbocycles. The molecule has 0 aromatic heterocycles. The zero-order chi connectivity index (χ0) is 14.7. The monoisotopic (exact) mass is 290 g/mol. The Balaban J connectivity index is 2.24. The molecule has 0 unspecified atom stereocenters. The number of phenolic OH excluding ortho intramolecular Hbond substituents is 3. The van der Waals surface area contributed by atoms with Crippen molar-refractivity contribution in [1.82, 2.24) is 0 Å². The highest BCUT2D eigenvalue weighted by molar-refractivity contribution is 6.30. The molecule has 0 aliphatic heterocycles. The van der Waals surface area contributed by atoms with Crippen molar-refractivity contribution in [2.75, 3.05) is 5.32 Å². The minimum absolute atomic E-state index is 0.161. The fourth-order valence-electron chi connectivity index (χ4n) is 1.70. The maximum absolute atomic E-state index is 9.70. The number of halogens is 1. The van der Waals surface area contributed by atoms with E-state index in [4.69, 9.17) is 16.9 Å². The lowest BCUT2D eigenvalue weighted by Crippen LogP contribution is -2.01. The zero-order valence-electron chi connectivity index (χ0n) is 10.3. The molecule has 0 amide bonds. The predicted molar refractivity (Wildman–Crippen MR) is 74.9 cm³/mol. The molecule has 20 heavy (non-hydrogen) atoms. The number of nitrogens with one attached hydrogen (secondary N) is 1. The Hall–Kier alpha value is -2.58. The summed E-state index contributed by atoms with van der Waals surface area (Å²) in [7, 11) is 0. The average molecular weight is 291 g/mol. The van der Waals surface area contributed by atoms with E-state index in [-0.39, 0.29) is 6.54 Å². The van der Waals surface area contributed by atoms with Crippen LogP contribution in [0.2, 0.25) is 5.02 Å². The Morgan fingerprint density at radius 3 is 2.55 bits per heavy atom. The molecule has 2 rings (SSSR count). The van der Waals surface area contributed by atoms with Crippen LogP contribution in [0.25, 0.3) is 0 Å². The maximum atomic E-state index is 9.70. The number of nitrogens with zero attached hydrogens (tertiary/aromatic N) is 1. The topological polar surface area (TPSA) is 96.5 Å². The maximum Gasteiger partial charge on any atom is 0.200 e. The fourth-order valence-corrected chi connectivity index (χ4v) is 1.88. The van der Waals surface area contributed by atoms with E-state index in [0.717, 1.165) is 0 Å². The van der Waals surface area contributed by atoms with E-state index >= 15 is 0 Å². The summed E-state index contributed by atoms with van der Waals surface area (Å²) in [5.74, 6) is -1.37. The average Bonchev–Trinajstić information content (AvgIpc) is 2.44. The van der Waals surface area contributed by atoms with Gasteiger partial charge in [-0.25, -0.2) is 0 Å². The first kappa shape index (κ1) is 13.8. The summed E-state index contributed by atoms with van der Waals surface area (Å²) >= 11 is 5.86. The Bertz CT molecular complexity index is 696. The number of phenols is 3. The fraction of sp³-hybridized carbons (Fsp3) is 0.0714. The van der Waals surface area contributed by atoms with Crippen LogP contribution in [-0.2, 0) is 6.54 Å². The van der Waals surface area contributed by atoms with E-state index in [9.17, 15) is 15.3 Å². The number of anilines is 1. The van der Waals surface area contributed by atoms with Crippen LogP contribution in [0.1, 0.15) is 11.1 Å². The van der Waals surface area contributed by atoms with Gasteiger partial charge in [-0.15, -0.1) is 0 Å². The second kappa shape index (κ2) is 5.59. The minimum atomic E-state index is -0.573. The molecule has 2 aromatic carbocycles. The van der Waals surface area contributed by atoms with E-state index in [2.05, 4.69) is 5.32 Å². The lowest BCUT2D eigenvalue weighted by molar-refractivity contribution is 0.365. The second-order valence-corrected chi connectivity index (χ2v) is 4.53. The third-order valence-electron chi connectivity index (χ3n) is 2.78. The summed E-state index contributed by atoms with van der Waals surface area (Å²) in [6, 6.07) is 9.54. The van der Waals surface area contributed by atoms with Gasteiger partial charge in [0.15, 0.2) is 11.5 Å². The van der Waals surface area contributed by atoms with Gasteiger partial charge < -0.3 is 20.6 Å². The number of nitriles is 1. The van der Waals surface area contributed by atoms with Gasteiger partial charge in [0.25, 0.3) is 0 Å². The van der Waals surface area contributed by atoms with Crippen molar-refractivity contribution in [1.29, 1.82) is 5.26 Å². The molecule has 0 saturated heterocycles. The lowest BCUT2D eigenvalue weighted by atomic mass is 10.1. The van der Waals surface area contributed by atoms with E-state index < -0.39 is 17.2 Å². The Morgan fingerprint density at radius 2 is 1.85 bits per heavy atom. The molecule has 5 nitrogen and oxygen atoms in total. The van der Waals surface area contributed by atoms with E-state index in [1.807, 2.05) is 6.07 Å². The van der Waals surface area contributed by atoms with Crippen LogP contribution in [0.5, 0.6) is 17.2 Å². The van der Waals surface area contributed by atoms with Crippen molar-refractivity contribution >= 4 is 17.3 Å². The number of hydrogen-bond donors (Lipinski definition) is 4. The molecule has 0 aliphatic rings. The normalized spacial score (nSPS) is 10.0. The first-order chi connectivity index (χ1) is 9.52. The van der Waals surface area contributed by atoms with Crippen LogP contribution in [-0.4, -0.2) is 15.3 Å². The number of rotatable bonds is 3. The highest BCUT2D eigenvalue weighted by Crippen LogP contribution is 2.37. The van der Waals surface area contributed by atoms with Crippen molar-refractivity contribution in [3.05, 3.63) is 46.5 Å². The molecule has 0 bridgehead atoms. The molecular formula is C14H11ClN2O3. The molecule has 102 valence electrons. The Labute approximate surface area is 120 Å². The van der Waals surface area contributed by atoms with Crippen LogP contribution >= 0.6 is 11.6 Å². The summed E-state index contributed by atoms with van der Waals surface area (Å²) in [5.41, 5.74) is 1.31. The summed E-state index contributed by atoms with van der Waals surface area (Å²) in [6.07, 6.45) is 0. The molecule has 0 fully saturated rings. The zero-order valence-corrected chi connectivity index (χ0v) is 11.0. The van der Waals surface area contributed by atoms with Crippen molar-refractivity contribution in [2.45, 2.75) is 6.54 Å². The third kappa shape index (κ3) is 2.71. The van der Waals surface area contributed by atoms with Crippen molar-refractivity contribution < 1.29 is 15.3 Å². The standard InChI is InChI=1S/C14H11ClN2O3/c15-10-3-1-8(6-16)11(5-10)17-7-9-2-4-12(18)14(20)13(9)19/h1-5,17-20H,7H2. The largest absolute Gasteiger partial charge is 0.504 e. The Kier molecular flexibility index (Phi) is 3.87. The van der Waals surface area contributed by atoms with Gasteiger partial charge in [0.1, 0.15) is 6.07 Å². The van der Waals surface area contributed by atoms with Gasteiger partial charge >= 0.3 is 0 Å². The molecule has 0 radical (unpaired) electrons. The summed E-state index contributed by atoms with van der Waals surface area (Å²) < 4.78 is 0. The highest BCUT2D eigenvalue weighted by atomic mass is 35.5. The second-order valence-electron chi connectivity index (χ2n) is 4.10. The first-order valence-corrected chi connectivity index (χ1v) is 6.07. The van der Waals surface area contributed by atoms with Crippen LogP contribution in [0, 0.1) is 11.3 Å². The number of aromatic hydroxyl groups is 3. The molecule has 0 heterocycles. The van der Waals surface area contributed by atoms with Gasteiger partial charge in [-0.3, -0.25) is 0 Å². The van der Waals surface area contributed by atoms with Gasteiger partial charge in [-0.1, -0.05) is 11.6 Å². The molecule has 0 atom stereocenters. The smallest absolute Gasteiger partial charge is 0.200 e. The first-order valence-electron chi connectivity index (χ1n) is 5.69. The van der Waals surface area contributed by atoms with Crippen molar-refractivity contribution in [3.63, 3.8) is 0 Å². The van der Waals surface area contributed by atoms with Gasteiger partial charge in [0, 0.05) is 17.1 Å². The van der Waals surface area contributed by atoms with Gasteiger partial charge in [0.2, 0.25) is 5.75 Å². The van der Waals surface area contributed by atoms with E-state index in [0.29, 0.717) is 21.8 Å². The van der Waals surface area contributed by atoms with Gasteiger partial charge in [-0.05, 0) is 30.3 Å². The molecule has 2 aromatic rings. The summed E-state index contributed by atoms with van der Waals surface area (Å²) in [6.45, 7) is 0.161. The van der Waals surface area contributed by atoms with Gasteiger partial charge in [-0.2, -0.15) is 5.26 Å². The van der Waals surface area contributed by atoms with Crippen LogP contribution in [0.3, 0.4) is 0 Å². The van der Waals surface area contributed by atoms with E-state index in [1.54, 1.807) is 18.2 Å². The Morgan fingerprint density at radius 1 is 1.10 bits per heavy atom. The molecular weight excluding hydrogens is 280 g/mol. The van der Waals surface area contributed by atoms with Crippen LogP contribution in [0.15, 0.2) is 30.3 Å². The summed E-state index contributed by atoms with van der Waals surface area (Å²) in [4.78, 5) is 0. The molecule has 0 saturated carbocycles. The van der Waals surface area contributed by atoms with Crippen LogP contribution < -0.4 is 5.32 Å². The number of hydrogen-bond acceptors (Lipinski definition) is 5. The lowest BCUT2D eigenvalue weighted by Gasteiger charge is -2.11. The van der Waals surface area contributed by atoms with Crippen molar-refractivity contribution in [3.8, 4) is 23.3 Å². The van der Waals surface area contributed by atoms with Crippen molar-refractivity contribution in [2.24, 2.45) is 0 Å². The van der Waals surface area contributed by atoms with E-state index in [1.165, 1.54) is 12.1 Å². The summed E-state index contributed by atoms with van der Waals surface area (Å²) in [5, 5.41) is 40.8. The van der Waals surface area contributed by atoms with Gasteiger partial charge in [0.05, 0.1) is 11.3 Å². The number of benzene rings is 2. The SMILES string of the molecule is N#Cc1ccc(Cl)cc1NCc1ccc(O)c(O)c1O. The third-order valence-corrected chi connectivity index (χ3v) is 3.02. The quantitative estimate of drug-likeness (QED) is 0.652. The molecule has 6 heteroatoms. The highest BCUT2D eigenvalue weighted by Gasteiger charge is 2.11. The molecule has 0 spiro atoms. The predicted octanol–water partition coefficient (Wildman–Crippen LogP) is 2.94. The molecule has 4 N–H and O–H groups in total. The minimum Gasteiger partial charge on any atom is -0.504 e. The van der Waals surface area contributed by atoms with Crippen LogP contribution in [0.4, 0.5) is 5.69 Å².